The van der Waals surface area contributed by atoms with Gasteiger partial charge in [0.1, 0.15) is 5.82 Å². The predicted molar refractivity (Wildman–Crippen MR) is 81.1 cm³/mol. The quantitative estimate of drug-likeness (QED) is 0.851. The third kappa shape index (κ3) is 2.60. The first-order valence-corrected chi connectivity index (χ1v) is 7.02. The molecule has 1 amide bonds. The van der Waals surface area contributed by atoms with Crippen molar-refractivity contribution in [3.05, 3.63) is 52.8 Å². The van der Waals surface area contributed by atoms with Gasteiger partial charge in [0, 0.05) is 5.56 Å². The molecule has 0 spiro atoms. The number of halogens is 2. The summed E-state index contributed by atoms with van der Waals surface area (Å²) in [6.45, 7) is 0.137. The Morgan fingerprint density at radius 1 is 1.32 bits per heavy atom. The van der Waals surface area contributed by atoms with Crippen molar-refractivity contribution in [1.29, 1.82) is 0 Å². The summed E-state index contributed by atoms with van der Waals surface area (Å²) in [5.74, 6) is 0.400. The Morgan fingerprint density at radius 2 is 2.14 bits per heavy atom. The van der Waals surface area contributed by atoms with Crippen LogP contribution < -0.4 is 14.4 Å². The van der Waals surface area contributed by atoms with E-state index in [0.717, 1.165) is 5.56 Å². The largest absolute Gasteiger partial charge is 0.493 e. The monoisotopic (exact) mass is 321 g/mol. The summed E-state index contributed by atoms with van der Waals surface area (Å²) in [6.07, 6.45) is 0. The number of carbonyl (C=O) groups is 1. The van der Waals surface area contributed by atoms with Crippen molar-refractivity contribution in [2.75, 3.05) is 18.6 Å². The van der Waals surface area contributed by atoms with Gasteiger partial charge in [-0.25, -0.2) is 4.39 Å². The van der Waals surface area contributed by atoms with Gasteiger partial charge in [-0.1, -0.05) is 23.7 Å². The molecule has 0 saturated heterocycles. The van der Waals surface area contributed by atoms with E-state index >= 15 is 0 Å². The number of methoxy groups -OCH3 is 1. The topological polar surface area (TPSA) is 38.8 Å². The number of carbonyl (C=O) groups excluding carboxylic acids is 1. The molecule has 2 aromatic carbocycles. The molecular formula is C16H13ClFNO3. The molecule has 0 aromatic heterocycles. The number of fused-ring (bicyclic) bond motifs is 1. The molecule has 1 heterocycles. The maximum Gasteiger partial charge on any atom is 0.265 e. The summed E-state index contributed by atoms with van der Waals surface area (Å²) in [4.78, 5) is 13.8. The van der Waals surface area contributed by atoms with Crippen molar-refractivity contribution in [3.8, 4) is 11.5 Å². The molecule has 2 aromatic rings. The molecule has 0 N–H and O–H groups in total. The molecule has 6 heteroatoms. The summed E-state index contributed by atoms with van der Waals surface area (Å²) in [6, 6.07) is 9.38. The summed E-state index contributed by atoms with van der Waals surface area (Å²) in [5.41, 5.74) is 1.25. The minimum atomic E-state index is -0.450. The number of para-hydroxylation sites is 1. The maximum atomic E-state index is 13.2. The molecule has 0 radical (unpaired) electrons. The van der Waals surface area contributed by atoms with Crippen LogP contribution in [0.4, 0.5) is 10.1 Å². The first-order chi connectivity index (χ1) is 10.6. The Morgan fingerprint density at radius 3 is 2.86 bits per heavy atom. The lowest BCUT2D eigenvalue weighted by atomic mass is 10.1. The number of benzene rings is 2. The molecule has 3 rings (SSSR count). The van der Waals surface area contributed by atoms with Crippen LogP contribution in [0.3, 0.4) is 0 Å². The van der Waals surface area contributed by atoms with E-state index in [-0.39, 0.29) is 24.1 Å². The van der Waals surface area contributed by atoms with Crippen LogP contribution in [-0.2, 0) is 11.3 Å². The van der Waals surface area contributed by atoms with E-state index in [2.05, 4.69) is 0 Å². The average Bonchev–Trinajstić information content (AvgIpc) is 2.67. The van der Waals surface area contributed by atoms with Gasteiger partial charge >= 0.3 is 0 Å². The Bertz CT molecular complexity index is 735. The van der Waals surface area contributed by atoms with Crippen molar-refractivity contribution in [2.45, 2.75) is 6.54 Å². The number of hydrogen-bond acceptors (Lipinski definition) is 3. The summed E-state index contributed by atoms with van der Waals surface area (Å²) in [7, 11) is 1.54. The molecule has 0 bridgehead atoms. The highest BCUT2D eigenvalue weighted by molar-refractivity contribution is 6.33. The number of amides is 1. The SMILES string of the molecule is COc1cccc2c1OCC(=O)N(c1ccc(F)cc1Cl)C2. The third-order valence-electron chi connectivity index (χ3n) is 3.45. The van der Waals surface area contributed by atoms with Crippen molar-refractivity contribution in [1.82, 2.24) is 0 Å². The van der Waals surface area contributed by atoms with E-state index in [1.807, 2.05) is 12.1 Å². The van der Waals surface area contributed by atoms with Crippen LogP contribution in [0.15, 0.2) is 36.4 Å². The smallest absolute Gasteiger partial charge is 0.265 e. The van der Waals surface area contributed by atoms with Gasteiger partial charge in [0.2, 0.25) is 0 Å². The highest BCUT2D eigenvalue weighted by Crippen LogP contribution is 2.36. The molecule has 4 nitrogen and oxygen atoms in total. The van der Waals surface area contributed by atoms with E-state index in [0.29, 0.717) is 17.2 Å². The lowest BCUT2D eigenvalue weighted by molar-refractivity contribution is -0.120. The molecule has 0 atom stereocenters. The third-order valence-corrected chi connectivity index (χ3v) is 3.75. The Labute approximate surface area is 132 Å². The van der Waals surface area contributed by atoms with E-state index in [9.17, 15) is 9.18 Å². The van der Waals surface area contributed by atoms with Gasteiger partial charge in [0.15, 0.2) is 18.1 Å². The molecule has 1 aliphatic rings. The van der Waals surface area contributed by atoms with E-state index in [1.54, 1.807) is 13.2 Å². The van der Waals surface area contributed by atoms with Crippen LogP contribution in [0, 0.1) is 5.82 Å². The van der Waals surface area contributed by atoms with Crippen molar-refractivity contribution in [3.63, 3.8) is 0 Å². The summed E-state index contributed by atoms with van der Waals surface area (Å²) in [5, 5.41) is 0.180. The van der Waals surface area contributed by atoms with E-state index in [1.165, 1.54) is 23.1 Å². The summed E-state index contributed by atoms with van der Waals surface area (Å²) < 4.78 is 24.0. The number of anilines is 1. The average molecular weight is 322 g/mol. The van der Waals surface area contributed by atoms with Crippen molar-refractivity contribution in [2.24, 2.45) is 0 Å². The molecular weight excluding hydrogens is 309 g/mol. The Kier molecular flexibility index (Phi) is 3.90. The van der Waals surface area contributed by atoms with E-state index < -0.39 is 5.82 Å². The zero-order chi connectivity index (χ0) is 15.7. The fourth-order valence-corrected chi connectivity index (χ4v) is 2.67. The fourth-order valence-electron chi connectivity index (χ4n) is 2.40. The molecule has 22 heavy (non-hydrogen) atoms. The normalized spacial score (nSPS) is 14.1. The minimum Gasteiger partial charge on any atom is -0.493 e. The van der Waals surface area contributed by atoms with Crippen LogP contribution in [0.5, 0.6) is 11.5 Å². The first kappa shape index (κ1) is 14.7. The molecule has 0 fully saturated rings. The van der Waals surface area contributed by atoms with Gasteiger partial charge in [0.05, 0.1) is 24.4 Å². The van der Waals surface area contributed by atoms with Gasteiger partial charge in [-0.2, -0.15) is 0 Å². The minimum absolute atomic E-state index is 0.138. The second kappa shape index (κ2) is 5.85. The van der Waals surface area contributed by atoms with Crippen LogP contribution in [0.25, 0.3) is 0 Å². The van der Waals surface area contributed by atoms with Gasteiger partial charge < -0.3 is 14.4 Å². The zero-order valence-electron chi connectivity index (χ0n) is 11.8. The van der Waals surface area contributed by atoms with Gasteiger partial charge in [0.25, 0.3) is 5.91 Å². The maximum absolute atomic E-state index is 13.2. The van der Waals surface area contributed by atoms with Gasteiger partial charge in [-0.05, 0) is 24.3 Å². The van der Waals surface area contributed by atoms with Gasteiger partial charge in [-0.3, -0.25) is 4.79 Å². The highest BCUT2D eigenvalue weighted by Gasteiger charge is 2.26. The van der Waals surface area contributed by atoms with Crippen molar-refractivity contribution >= 4 is 23.2 Å². The highest BCUT2D eigenvalue weighted by atomic mass is 35.5. The molecule has 1 aliphatic heterocycles. The first-order valence-electron chi connectivity index (χ1n) is 6.64. The number of nitrogens with zero attached hydrogens (tertiary/aromatic N) is 1. The molecule has 0 aliphatic carbocycles. The predicted octanol–water partition coefficient (Wildman–Crippen LogP) is 3.41. The van der Waals surface area contributed by atoms with E-state index in [4.69, 9.17) is 21.1 Å². The number of hydrogen-bond donors (Lipinski definition) is 0. The number of rotatable bonds is 2. The number of ether oxygens (including phenoxy) is 2. The van der Waals surface area contributed by atoms with Crippen LogP contribution in [0.2, 0.25) is 5.02 Å². The zero-order valence-corrected chi connectivity index (χ0v) is 12.6. The lowest BCUT2D eigenvalue weighted by Crippen LogP contribution is -2.32. The second-order valence-electron chi connectivity index (χ2n) is 4.81. The fraction of sp³-hybridized carbons (Fsp3) is 0.188. The Balaban J connectivity index is 2.03. The molecule has 114 valence electrons. The standard InChI is InChI=1S/C16H13ClFNO3/c1-21-14-4-2-3-10-8-19(15(20)9-22-16(10)14)13-6-5-11(18)7-12(13)17/h2-7H,8-9H2,1H3. The van der Waals surface area contributed by atoms with Crippen LogP contribution in [0.1, 0.15) is 5.56 Å². The van der Waals surface area contributed by atoms with Crippen LogP contribution >= 0.6 is 11.6 Å². The second-order valence-corrected chi connectivity index (χ2v) is 5.22. The summed E-state index contributed by atoms with van der Waals surface area (Å²) >= 11 is 6.07. The van der Waals surface area contributed by atoms with Gasteiger partial charge in [-0.15, -0.1) is 0 Å². The molecule has 0 unspecified atom stereocenters. The van der Waals surface area contributed by atoms with Crippen molar-refractivity contribution < 1.29 is 18.7 Å². The lowest BCUT2D eigenvalue weighted by Gasteiger charge is -2.21. The molecule has 0 saturated carbocycles. The van der Waals surface area contributed by atoms with Crippen LogP contribution in [-0.4, -0.2) is 19.6 Å². The Hall–Kier alpha value is -2.27.